The zero-order valence-corrected chi connectivity index (χ0v) is 14.0. The Balaban J connectivity index is 1.59. The van der Waals surface area contributed by atoms with Gasteiger partial charge in [-0.25, -0.2) is 9.78 Å². The summed E-state index contributed by atoms with van der Waals surface area (Å²) < 4.78 is 1.61. The molecule has 1 aliphatic heterocycles. The van der Waals surface area contributed by atoms with E-state index in [9.17, 15) is 9.90 Å². The van der Waals surface area contributed by atoms with Crippen molar-refractivity contribution in [3.8, 4) is 0 Å². The lowest BCUT2D eigenvalue weighted by Crippen LogP contribution is -2.51. The van der Waals surface area contributed by atoms with Crippen LogP contribution in [-0.2, 0) is 10.3 Å². The fourth-order valence-corrected chi connectivity index (χ4v) is 3.39. The Hall–Kier alpha value is -2.96. The summed E-state index contributed by atoms with van der Waals surface area (Å²) in [6, 6.07) is 7.74. The first-order valence-electron chi connectivity index (χ1n) is 8.30. The van der Waals surface area contributed by atoms with Crippen LogP contribution in [0.4, 0.5) is 5.82 Å². The molecule has 25 heavy (non-hydrogen) atoms. The maximum absolute atomic E-state index is 12.0. The zero-order valence-electron chi connectivity index (χ0n) is 14.0. The molecule has 1 fully saturated rings. The Morgan fingerprint density at radius 1 is 1.16 bits per heavy atom. The summed E-state index contributed by atoms with van der Waals surface area (Å²) in [5.41, 5.74) is 1.67. The van der Waals surface area contributed by atoms with E-state index < -0.39 is 11.5 Å². The van der Waals surface area contributed by atoms with E-state index in [1.165, 1.54) is 0 Å². The fourth-order valence-electron chi connectivity index (χ4n) is 3.39. The third kappa shape index (κ3) is 2.61. The third-order valence-corrected chi connectivity index (χ3v) is 4.90. The second kappa shape index (κ2) is 5.84. The summed E-state index contributed by atoms with van der Waals surface area (Å²) in [5, 5.41) is 14.1. The molecular weight excluding hydrogens is 318 g/mol. The molecule has 2 aromatic heterocycles. The fraction of sp³-hybridized carbons (Fsp3) is 0.333. The maximum atomic E-state index is 12.0. The van der Waals surface area contributed by atoms with Crippen LogP contribution in [0.5, 0.6) is 0 Å². The highest BCUT2D eigenvalue weighted by atomic mass is 16.4. The Morgan fingerprint density at radius 2 is 1.88 bits per heavy atom. The number of benzene rings is 1. The number of aliphatic carboxylic acids is 1. The van der Waals surface area contributed by atoms with E-state index in [0.29, 0.717) is 25.9 Å². The topological polar surface area (TPSA) is 84.1 Å². The number of hydrogen-bond donors (Lipinski definition) is 1. The summed E-state index contributed by atoms with van der Waals surface area (Å²) in [4.78, 5) is 23.2. The van der Waals surface area contributed by atoms with Gasteiger partial charge in [-0.2, -0.15) is 5.10 Å². The molecule has 0 saturated carbocycles. The molecule has 0 radical (unpaired) electrons. The van der Waals surface area contributed by atoms with Crippen molar-refractivity contribution >= 4 is 22.8 Å². The van der Waals surface area contributed by atoms with Gasteiger partial charge in [-0.15, -0.1) is 0 Å². The van der Waals surface area contributed by atoms with E-state index in [2.05, 4.69) is 20.0 Å². The molecule has 1 N–H and O–H groups in total. The number of anilines is 1. The number of para-hydroxylation sites is 2. The Kier molecular flexibility index (Phi) is 3.63. The number of hydrogen-bond acceptors (Lipinski definition) is 5. The third-order valence-electron chi connectivity index (χ3n) is 4.90. The smallest absolute Gasteiger partial charge is 0.331 e. The number of carboxylic acid groups (broad SMARTS) is 1. The van der Waals surface area contributed by atoms with E-state index >= 15 is 0 Å². The second-order valence-electron chi connectivity index (χ2n) is 6.50. The highest BCUT2D eigenvalue weighted by Gasteiger charge is 2.44. The molecule has 7 nitrogen and oxygen atoms in total. The number of aryl methyl sites for hydroxylation is 1. The van der Waals surface area contributed by atoms with Gasteiger partial charge in [-0.3, -0.25) is 9.67 Å². The Labute approximate surface area is 144 Å². The number of rotatable bonds is 3. The number of carbonyl (C=O) groups is 1. The van der Waals surface area contributed by atoms with Gasteiger partial charge in [0.25, 0.3) is 0 Å². The number of fused-ring (bicyclic) bond motifs is 1. The van der Waals surface area contributed by atoms with Crippen molar-refractivity contribution in [2.75, 3.05) is 18.0 Å². The van der Waals surface area contributed by atoms with Gasteiger partial charge in [-0.1, -0.05) is 12.1 Å². The summed E-state index contributed by atoms with van der Waals surface area (Å²) in [5.74, 6) is -0.0471. The standard InChI is InChI=1S/C18H19N5O2/c1-13-10-20-23(12-13)18(17(24)25)6-8-22(9-7-18)16-11-19-14-4-2-3-5-15(14)21-16/h2-5,10-12H,6-9H2,1H3,(H,24,25). The minimum absolute atomic E-state index is 0.470. The molecule has 4 rings (SSSR count). The van der Waals surface area contributed by atoms with Crippen LogP contribution in [0.2, 0.25) is 0 Å². The predicted octanol–water partition coefficient (Wildman–Crippen LogP) is 2.22. The predicted molar refractivity (Wildman–Crippen MR) is 93.6 cm³/mol. The van der Waals surface area contributed by atoms with Crippen LogP contribution in [0.25, 0.3) is 11.0 Å². The van der Waals surface area contributed by atoms with Crippen LogP contribution in [-0.4, -0.2) is 43.9 Å². The first kappa shape index (κ1) is 15.6. The molecule has 3 aromatic rings. The summed E-state index contributed by atoms with van der Waals surface area (Å²) in [7, 11) is 0. The monoisotopic (exact) mass is 337 g/mol. The SMILES string of the molecule is Cc1cnn(C2(C(=O)O)CCN(c3cnc4ccccc4n3)CC2)c1. The van der Waals surface area contributed by atoms with E-state index in [0.717, 1.165) is 22.4 Å². The minimum Gasteiger partial charge on any atom is -0.479 e. The van der Waals surface area contributed by atoms with Gasteiger partial charge < -0.3 is 10.0 Å². The molecule has 3 heterocycles. The molecule has 128 valence electrons. The Bertz CT molecular complexity index is 928. The molecule has 0 bridgehead atoms. The van der Waals surface area contributed by atoms with Crippen LogP contribution in [0.15, 0.2) is 42.9 Å². The molecule has 0 spiro atoms. The van der Waals surface area contributed by atoms with Crippen molar-refractivity contribution in [1.29, 1.82) is 0 Å². The van der Waals surface area contributed by atoms with Crippen LogP contribution in [0, 0.1) is 6.92 Å². The number of carboxylic acids is 1. The maximum Gasteiger partial charge on any atom is 0.331 e. The van der Waals surface area contributed by atoms with E-state index in [1.807, 2.05) is 31.2 Å². The number of piperidine rings is 1. The van der Waals surface area contributed by atoms with Gasteiger partial charge in [0.15, 0.2) is 5.54 Å². The van der Waals surface area contributed by atoms with Crippen molar-refractivity contribution < 1.29 is 9.90 Å². The lowest BCUT2D eigenvalue weighted by atomic mass is 9.87. The summed E-state index contributed by atoms with van der Waals surface area (Å²) >= 11 is 0. The largest absolute Gasteiger partial charge is 0.479 e. The quantitative estimate of drug-likeness (QED) is 0.789. The number of aromatic nitrogens is 4. The molecule has 1 aliphatic rings. The van der Waals surface area contributed by atoms with Gasteiger partial charge in [0.1, 0.15) is 5.82 Å². The van der Waals surface area contributed by atoms with E-state index in [-0.39, 0.29) is 0 Å². The van der Waals surface area contributed by atoms with Crippen molar-refractivity contribution in [3.63, 3.8) is 0 Å². The average Bonchev–Trinajstić information content (AvgIpc) is 3.08. The molecule has 0 atom stereocenters. The summed E-state index contributed by atoms with van der Waals surface area (Å²) in [6.07, 6.45) is 6.20. The lowest BCUT2D eigenvalue weighted by Gasteiger charge is -2.39. The average molecular weight is 337 g/mol. The molecule has 1 saturated heterocycles. The second-order valence-corrected chi connectivity index (χ2v) is 6.50. The Morgan fingerprint density at radius 3 is 2.52 bits per heavy atom. The van der Waals surface area contributed by atoms with Gasteiger partial charge in [0, 0.05) is 32.1 Å². The zero-order chi connectivity index (χ0) is 17.4. The van der Waals surface area contributed by atoms with Gasteiger partial charge in [0.05, 0.1) is 23.4 Å². The normalized spacial score (nSPS) is 16.9. The molecule has 0 amide bonds. The highest BCUT2D eigenvalue weighted by molar-refractivity contribution is 5.78. The first-order chi connectivity index (χ1) is 12.1. The molecule has 1 aromatic carbocycles. The summed E-state index contributed by atoms with van der Waals surface area (Å²) in [6.45, 7) is 3.11. The van der Waals surface area contributed by atoms with Crippen LogP contribution in [0.1, 0.15) is 18.4 Å². The lowest BCUT2D eigenvalue weighted by molar-refractivity contribution is -0.149. The van der Waals surface area contributed by atoms with Crippen molar-refractivity contribution in [3.05, 3.63) is 48.4 Å². The number of nitrogens with zero attached hydrogens (tertiary/aromatic N) is 5. The van der Waals surface area contributed by atoms with Crippen LogP contribution < -0.4 is 4.90 Å². The first-order valence-corrected chi connectivity index (χ1v) is 8.30. The molecule has 7 heteroatoms. The van der Waals surface area contributed by atoms with E-state index in [1.54, 1.807) is 23.3 Å². The molecule has 0 aliphatic carbocycles. The van der Waals surface area contributed by atoms with Gasteiger partial charge in [0.2, 0.25) is 0 Å². The van der Waals surface area contributed by atoms with Crippen molar-refractivity contribution in [2.45, 2.75) is 25.3 Å². The minimum atomic E-state index is -0.991. The van der Waals surface area contributed by atoms with Crippen molar-refractivity contribution in [2.24, 2.45) is 0 Å². The van der Waals surface area contributed by atoms with Crippen LogP contribution >= 0.6 is 0 Å². The molecule has 0 unspecified atom stereocenters. The van der Waals surface area contributed by atoms with Crippen molar-refractivity contribution in [1.82, 2.24) is 19.7 Å². The van der Waals surface area contributed by atoms with Crippen LogP contribution in [0.3, 0.4) is 0 Å². The molecular formula is C18H19N5O2. The van der Waals surface area contributed by atoms with Gasteiger partial charge in [-0.05, 0) is 24.6 Å². The van der Waals surface area contributed by atoms with Gasteiger partial charge >= 0.3 is 5.97 Å². The highest BCUT2D eigenvalue weighted by Crippen LogP contribution is 2.32. The van der Waals surface area contributed by atoms with E-state index in [4.69, 9.17) is 0 Å².